The molecule has 122 valence electrons. The van der Waals surface area contributed by atoms with E-state index in [9.17, 15) is 18.0 Å². The largest absolute Gasteiger partial charge is 0.339 e. The second-order valence-electron chi connectivity index (χ2n) is 5.28. The third-order valence-corrected chi connectivity index (χ3v) is 4.35. The normalized spacial score (nSPS) is 12.1. The highest BCUT2D eigenvalue weighted by Gasteiger charge is 2.19. The number of hydrogen-bond acceptors (Lipinski definition) is 1. The molecule has 1 unspecified atom stereocenters. The summed E-state index contributed by atoms with van der Waals surface area (Å²) in [6.07, 6.45) is 0.0867. The van der Waals surface area contributed by atoms with Crippen molar-refractivity contribution >= 4 is 21.8 Å². The van der Waals surface area contributed by atoms with Crippen LogP contribution in [0.5, 0.6) is 0 Å². The van der Waals surface area contributed by atoms with Gasteiger partial charge in [0, 0.05) is 7.05 Å². The molecule has 1 atom stereocenters. The highest BCUT2D eigenvalue weighted by molar-refractivity contribution is 9.10. The van der Waals surface area contributed by atoms with Gasteiger partial charge < -0.3 is 4.90 Å². The Kier molecular flexibility index (Phi) is 5.46. The van der Waals surface area contributed by atoms with Crippen LogP contribution in [0.4, 0.5) is 13.2 Å². The Bertz CT molecular complexity index is 736. The maximum Gasteiger partial charge on any atom is 0.227 e. The van der Waals surface area contributed by atoms with E-state index >= 15 is 0 Å². The lowest BCUT2D eigenvalue weighted by molar-refractivity contribution is -0.131. The second kappa shape index (κ2) is 7.17. The molecule has 0 saturated carbocycles. The van der Waals surface area contributed by atoms with Crippen molar-refractivity contribution in [2.45, 2.75) is 19.4 Å². The van der Waals surface area contributed by atoms with Crippen molar-refractivity contribution < 1.29 is 18.0 Å². The molecule has 0 aromatic heterocycles. The fourth-order valence-corrected chi connectivity index (χ4v) is 2.59. The highest BCUT2D eigenvalue weighted by atomic mass is 79.9. The summed E-state index contributed by atoms with van der Waals surface area (Å²) in [6.45, 7) is 1.73. The van der Waals surface area contributed by atoms with Crippen LogP contribution in [0.1, 0.15) is 24.1 Å². The van der Waals surface area contributed by atoms with Gasteiger partial charge in [0.05, 0.1) is 16.9 Å². The third-order valence-electron chi connectivity index (χ3n) is 3.74. The number of likely N-dealkylation sites (N-methyl/N-ethyl adjacent to an activating group) is 1. The van der Waals surface area contributed by atoms with Gasteiger partial charge in [0.15, 0.2) is 11.6 Å². The van der Waals surface area contributed by atoms with Gasteiger partial charge in [-0.25, -0.2) is 13.2 Å². The number of halogens is 4. The first-order chi connectivity index (χ1) is 10.8. The number of benzene rings is 2. The maximum absolute atomic E-state index is 13.3. The highest BCUT2D eigenvalue weighted by Crippen LogP contribution is 2.22. The molecule has 2 nitrogen and oxygen atoms in total. The van der Waals surface area contributed by atoms with Gasteiger partial charge in [0.2, 0.25) is 5.91 Å². The molecule has 0 spiro atoms. The Morgan fingerprint density at radius 2 is 1.74 bits per heavy atom. The zero-order chi connectivity index (χ0) is 17.1. The summed E-state index contributed by atoms with van der Waals surface area (Å²) in [5, 5.41) is 0. The van der Waals surface area contributed by atoms with Gasteiger partial charge in [-0.2, -0.15) is 0 Å². The molecule has 0 fully saturated rings. The van der Waals surface area contributed by atoms with E-state index in [0.29, 0.717) is 15.6 Å². The number of amides is 1. The van der Waals surface area contributed by atoms with Gasteiger partial charge >= 0.3 is 0 Å². The molecule has 1 amide bonds. The summed E-state index contributed by atoms with van der Waals surface area (Å²) in [7, 11) is 1.59. The SMILES string of the molecule is CC(c1ccc(F)c(F)c1)N(C)C(=O)Cc1ccc(F)c(Br)c1. The van der Waals surface area contributed by atoms with Crippen LogP contribution in [0.2, 0.25) is 0 Å². The van der Waals surface area contributed by atoms with E-state index in [4.69, 9.17) is 0 Å². The molecule has 0 aliphatic rings. The molecular weight excluding hydrogens is 371 g/mol. The van der Waals surface area contributed by atoms with Crippen molar-refractivity contribution in [1.82, 2.24) is 4.90 Å². The smallest absolute Gasteiger partial charge is 0.227 e. The number of hydrogen-bond donors (Lipinski definition) is 0. The van der Waals surface area contributed by atoms with Gasteiger partial charge in [0.25, 0.3) is 0 Å². The van der Waals surface area contributed by atoms with Crippen LogP contribution in [-0.4, -0.2) is 17.9 Å². The lowest BCUT2D eigenvalue weighted by Crippen LogP contribution is -2.31. The summed E-state index contributed by atoms with van der Waals surface area (Å²) in [5.74, 6) is -2.48. The predicted octanol–water partition coefficient (Wildman–Crippen LogP) is 4.63. The first-order valence-corrected chi connectivity index (χ1v) is 7.73. The first-order valence-electron chi connectivity index (χ1n) is 6.94. The molecule has 0 aliphatic carbocycles. The quantitative estimate of drug-likeness (QED) is 0.751. The minimum Gasteiger partial charge on any atom is -0.339 e. The summed E-state index contributed by atoms with van der Waals surface area (Å²) >= 11 is 3.08. The van der Waals surface area contributed by atoms with E-state index < -0.39 is 23.5 Å². The molecule has 0 N–H and O–H groups in total. The van der Waals surface area contributed by atoms with Crippen LogP contribution in [0.15, 0.2) is 40.9 Å². The van der Waals surface area contributed by atoms with Crippen LogP contribution in [-0.2, 0) is 11.2 Å². The number of rotatable bonds is 4. The Morgan fingerprint density at radius 3 is 2.35 bits per heavy atom. The van der Waals surface area contributed by atoms with E-state index in [1.165, 1.54) is 23.1 Å². The average molecular weight is 386 g/mol. The molecule has 0 saturated heterocycles. The Hall–Kier alpha value is -1.82. The molecule has 0 heterocycles. The molecule has 2 aromatic carbocycles. The van der Waals surface area contributed by atoms with Crippen LogP contribution in [0, 0.1) is 17.5 Å². The molecule has 0 aliphatic heterocycles. The maximum atomic E-state index is 13.3. The van der Waals surface area contributed by atoms with Crippen molar-refractivity contribution in [2.75, 3.05) is 7.05 Å². The predicted molar refractivity (Wildman–Crippen MR) is 85.3 cm³/mol. The minimum absolute atomic E-state index is 0.0867. The lowest BCUT2D eigenvalue weighted by Gasteiger charge is -2.25. The average Bonchev–Trinajstić information content (AvgIpc) is 2.52. The Labute approximate surface area is 141 Å². The molecule has 2 aromatic rings. The molecule has 0 radical (unpaired) electrons. The third kappa shape index (κ3) is 4.13. The van der Waals surface area contributed by atoms with Crippen molar-refractivity contribution in [3.63, 3.8) is 0 Å². The Balaban J connectivity index is 2.11. The van der Waals surface area contributed by atoms with Gasteiger partial charge in [-0.1, -0.05) is 12.1 Å². The zero-order valence-electron chi connectivity index (χ0n) is 12.6. The first kappa shape index (κ1) is 17.5. The van der Waals surface area contributed by atoms with E-state index in [-0.39, 0.29) is 12.3 Å². The van der Waals surface area contributed by atoms with E-state index in [1.54, 1.807) is 20.0 Å². The van der Waals surface area contributed by atoms with Crippen LogP contribution < -0.4 is 0 Å². The van der Waals surface area contributed by atoms with Crippen molar-refractivity contribution in [1.29, 1.82) is 0 Å². The van der Waals surface area contributed by atoms with Crippen molar-refractivity contribution in [3.8, 4) is 0 Å². The summed E-state index contributed by atoms with van der Waals surface area (Å²) in [4.78, 5) is 13.8. The standard InChI is InChI=1S/C17H15BrF3NO/c1-10(12-4-6-15(20)16(21)9-12)22(2)17(23)8-11-3-5-14(19)13(18)7-11/h3-7,9-10H,8H2,1-2H3. The fraction of sp³-hybridized carbons (Fsp3) is 0.235. The summed E-state index contributed by atoms with van der Waals surface area (Å²) < 4.78 is 39.8. The van der Waals surface area contributed by atoms with E-state index in [0.717, 1.165) is 12.1 Å². The Morgan fingerprint density at radius 1 is 1.09 bits per heavy atom. The topological polar surface area (TPSA) is 20.3 Å². The number of nitrogens with zero attached hydrogens (tertiary/aromatic N) is 1. The van der Waals surface area contributed by atoms with E-state index in [2.05, 4.69) is 15.9 Å². The molecule has 2 rings (SSSR count). The zero-order valence-corrected chi connectivity index (χ0v) is 14.2. The molecular formula is C17H15BrF3NO. The molecule has 0 bridgehead atoms. The van der Waals surface area contributed by atoms with E-state index in [1.807, 2.05) is 0 Å². The van der Waals surface area contributed by atoms with Crippen LogP contribution in [0.3, 0.4) is 0 Å². The number of carbonyl (C=O) groups is 1. The van der Waals surface area contributed by atoms with Crippen LogP contribution >= 0.6 is 15.9 Å². The molecule has 23 heavy (non-hydrogen) atoms. The number of carbonyl (C=O) groups excluding carboxylic acids is 1. The minimum atomic E-state index is -0.947. The van der Waals surface area contributed by atoms with Gasteiger partial charge in [-0.05, 0) is 58.2 Å². The second-order valence-corrected chi connectivity index (χ2v) is 6.13. The van der Waals surface area contributed by atoms with Gasteiger partial charge in [-0.3, -0.25) is 4.79 Å². The lowest BCUT2D eigenvalue weighted by atomic mass is 10.1. The summed E-state index contributed by atoms with van der Waals surface area (Å²) in [6, 6.07) is 7.51. The fourth-order valence-electron chi connectivity index (χ4n) is 2.16. The van der Waals surface area contributed by atoms with Gasteiger partial charge in [0.1, 0.15) is 5.82 Å². The summed E-state index contributed by atoms with van der Waals surface area (Å²) in [5.41, 5.74) is 1.16. The van der Waals surface area contributed by atoms with Gasteiger partial charge in [-0.15, -0.1) is 0 Å². The van der Waals surface area contributed by atoms with Crippen molar-refractivity contribution in [3.05, 3.63) is 69.4 Å². The molecule has 6 heteroatoms. The monoisotopic (exact) mass is 385 g/mol. The van der Waals surface area contributed by atoms with Crippen LogP contribution in [0.25, 0.3) is 0 Å². The van der Waals surface area contributed by atoms with Crippen molar-refractivity contribution in [2.24, 2.45) is 0 Å².